The van der Waals surface area contributed by atoms with Crippen LogP contribution in [0.25, 0.3) is 6.08 Å². The van der Waals surface area contributed by atoms with Crippen LogP contribution in [-0.2, 0) is 9.59 Å². The summed E-state index contributed by atoms with van der Waals surface area (Å²) in [4.78, 5) is 30.8. The predicted octanol–water partition coefficient (Wildman–Crippen LogP) is 5.58. The summed E-state index contributed by atoms with van der Waals surface area (Å²) in [6.45, 7) is 2.30. The van der Waals surface area contributed by atoms with Crippen LogP contribution in [0.5, 0.6) is 0 Å². The maximum Gasteiger partial charge on any atom is 0.278 e. The average Bonchev–Trinajstić information content (AvgIpc) is 2.99. The molecule has 0 bridgehead atoms. The Morgan fingerprint density at radius 3 is 2.52 bits per heavy atom. The van der Waals surface area contributed by atoms with Gasteiger partial charge in [-0.25, -0.2) is 4.99 Å². The number of carbonyl (C=O) groups is 2. The van der Waals surface area contributed by atoms with Gasteiger partial charge >= 0.3 is 0 Å². The number of nitrogens with one attached hydrogen (secondary N) is 1. The number of benzene rings is 2. The number of nitrogens with zero attached hydrogens (tertiary/aromatic N) is 2. The minimum atomic E-state index is -0.223. The normalized spacial score (nSPS) is 15.0. The van der Waals surface area contributed by atoms with Crippen molar-refractivity contribution in [3.05, 3.63) is 68.8 Å². The number of thioether (sulfide) groups is 1. The first-order valence-electron chi connectivity index (χ1n) is 8.63. The number of rotatable bonds is 5. The van der Waals surface area contributed by atoms with Crippen molar-refractivity contribution >= 4 is 75.3 Å². The number of hydrogen-bond acceptors (Lipinski definition) is 4. The highest BCUT2D eigenvalue weighted by Crippen LogP contribution is 2.27. The quantitative estimate of drug-likeness (QED) is 0.583. The number of carbonyl (C=O) groups excluding carboxylic acids is 2. The molecule has 1 N–H and O–H groups in total. The molecule has 0 aromatic heterocycles. The van der Waals surface area contributed by atoms with Crippen LogP contribution in [-0.4, -0.2) is 34.2 Å². The average molecular weight is 469 g/mol. The molecule has 9 heteroatoms. The van der Waals surface area contributed by atoms with Crippen LogP contribution in [0.3, 0.4) is 0 Å². The highest BCUT2D eigenvalue weighted by Gasteiger charge is 2.29. The summed E-state index contributed by atoms with van der Waals surface area (Å²) in [6, 6.07) is 11.9. The van der Waals surface area contributed by atoms with Crippen LogP contribution in [0.15, 0.2) is 53.2 Å². The first-order valence-corrected chi connectivity index (χ1v) is 10.7. The fourth-order valence-electron chi connectivity index (χ4n) is 2.54. The van der Waals surface area contributed by atoms with Crippen molar-refractivity contribution in [3.8, 4) is 0 Å². The zero-order valence-electron chi connectivity index (χ0n) is 15.3. The molecule has 0 radical (unpaired) electrons. The minimum Gasteiger partial charge on any atom is -0.325 e. The summed E-state index contributed by atoms with van der Waals surface area (Å²) in [6.07, 6.45) is 1.65. The summed E-state index contributed by atoms with van der Waals surface area (Å²) < 4.78 is 0. The number of likely N-dealkylation sites (N-methyl/N-ethyl adjacent to an activating group) is 1. The summed E-state index contributed by atoms with van der Waals surface area (Å²) in [5.74, 6) is -0.310. The lowest BCUT2D eigenvalue weighted by Gasteiger charge is -2.14. The van der Waals surface area contributed by atoms with Gasteiger partial charge in [0.15, 0.2) is 5.17 Å². The molecule has 0 unspecified atom stereocenters. The first-order chi connectivity index (χ1) is 13.9. The topological polar surface area (TPSA) is 61.8 Å². The van der Waals surface area contributed by atoms with Crippen molar-refractivity contribution in [2.75, 3.05) is 17.6 Å². The van der Waals surface area contributed by atoms with E-state index >= 15 is 0 Å². The molecule has 0 saturated heterocycles. The molecule has 1 heterocycles. The van der Waals surface area contributed by atoms with Gasteiger partial charge in [0.25, 0.3) is 5.91 Å². The second-order valence-corrected chi connectivity index (χ2v) is 8.18. The Morgan fingerprint density at radius 1 is 1.14 bits per heavy atom. The Morgan fingerprint density at radius 2 is 1.86 bits per heavy atom. The van der Waals surface area contributed by atoms with Crippen LogP contribution in [0.2, 0.25) is 15.1 Å². The molecule has 0 saturated carbocycles. The maximum absolute atomic E-state index is 12.6. The Balaban J connectivity index is 1.69. The van der Waals surface area contributed by atoms with Crippen molar-refractivity contribution in [3.63, 3.8) is 0 Å². The SMILES string of the molecule is CCN1C(=O)/C(=C/c2ccc(Cl)c(Cl)c2)N=C1SCC(=O)Nc1ccc(Cl)cc1. The molecular formula is C20H16Cl3N3O2S. The molecule has 0 atom stereocenters. The van der Waals surface area contributed by atoms with E-state index in [2.05, 4.69) is 10.3 Å². The molecule has 1 aliphatic rings. The lowest BCUT2D eigenvalue weighted by molar-refractivity contribution is -0.122. The smallest absolute Gasteiger partial charge is 0.278 e. The Kier molecular flexibility index (Phi) is 7.24. The van der Waals surface area contributed by atoms with Gasteiger partial charge in [-0.2, -0.15) is 0 Å². The third-order valence-electron chi connectivity index (χ3n) is 3.93. The standard InChI is InChI=1S/C20H16Cl3N3O2S/c1-2-26-19(28)17(10-12-3-8-15(22)16(23)9-12)25-20(26)29-11-18(27)24-14-6-4-13(21)5-7-14/h3-10H,2,11H2,1H3,(H,24,27)/b17-10-. The maximum atomic E-state index is 12.6. The Hall–Kier alpha value is -1.99. The molecule has 2 amide bonds. The lowest BCUT2D eigenvalue weighted by atomic mass is 10.2. The fraction of sp³-hybridized carbons (Fsp3) is 0.150. The zero-order valence-corrected chi connectivity index (χ0v) is 18.4. The first kappa shape index (κ1) is 21.7. The number of halogens is 3. The molecule has 29 heavy (non-hydrogen) atoms. The summed E-state index contributed by atoms with van der Waals surface area (Å²) >= 11 is 19.0. The van der Waals surface area contributed by atoms with Gasteiger partial charge in [0.2, 0.25) is 5.91 Å². The van der Waals surface area contributed by atoms with Crippen LogP contribution >= 0.6 is 46.6 Å². The fourth-order valence-corrected chi connectivity index (χ4v) is 3.84. The van der Waals surface area contributed by atoms with E-state index in [0.29, 0.717) is 38.0 Å². The lowest BCUT2D eigenvalue weighted by Crippen LogP contribution is -2.31. The van der Waals surface area contributed by atoms with E-state index in [0.717, 1.165) is 0 Å². The van der Waals surface area contributed by atoms with Gasteiger partial charge in [-0.05, 0) is 55.0 Å². The Bertz CT molecular complexity index is 1010. The van der Waals surface area contributed by atoms with Crippen LogP contribution < -0.4 is 5.32 Å². The molecule has 150 valence electrons. The highest BCUT2D eigenvalue weighted by atomic mass is 35.5. The minimum absolute atomic E-state index is 0.116. The number of amides is 2. The number of aliphatic imine (C=N–C) groups is 1. The van der Waals surface area contributed by atoms with E-state index in [-0.39, 0.29) is 23.3 Å². The molecule has 5 nitrogen and oxygen atoms in total. The van der Waals surface area contributed by atoms with Gasteiger partial charge in [0.05, 0.1) is 15.8 Å². The third kappa shape index (κ3) is 5.54. The largest absolute Gasteiger partial charge is 0.325 e. The van der Waals surface area contributed by atoms with E-state index < -0.39 is 0 Å². The van der Waals surface area contributed by atoms with Crippen LogP contribution in [0.1, 0.15) is 12.5 Å². The van der Waals surface area contributed by atoms with Crippen molar-refractivity contribution in [1.82, 2.24) is 4.90 Å². The van der Waals surface area contributed by atoms with Gasteiger partial charge < -0.3 is 5.32 Å². The van der Waals surface area contributed by atoms with Crippen molar-refractivity contribution in [1.29, 1.82) is 0 Å². The van der Waals surface area contributed by atoms with Gasteiger partial charge in [-0.1, -0.05) is 52.6 Å². The molecule has 0 fully saturated rings. The van der Waals surface area contributed by atoms with E-state index in [1.165, 1.54) is 16.7 Å². The number of hydrogen-bond donors (Lipinski definition) is 1. The monoisotopic (exact) mass is 467 g/mol. The van der Waals surface area contributed by atoms with Gasteiger partial charge in [-0.15, -0.1) is 0 Å². The predicted molar refractivity (Wildman–Crippen MR) is 122 cm³/mol. The van der Waals surface area contributed by atoms with Crippen molar-refractivity contribution < 1.29 is 9.59 Å². The zero-order chi connectivity index (χ0) is 21.0. The molecule has 1 aliphatic heterocycles. The summed E-state index contributed by atoms with van der Waals surface area (Å²) in [5.41, 5.74) is 1.65. The van der Waals surface area contributed by atoms with E-state index in [4.69, 9.17) is 34.8 Å². The highest BCUT2D eigenvalue weighted by molar-refractivity contribution is 8.14. The van der Waals surface area contributed by atoms with E-state index in [1.54, 1.807) is 48.5 Å². The molecule has 2 aromatic carbocycles. The Labute approximate surface area is 187 Å². The number of amidine groups is 1. The second kappa shape index (κ2) is 9.67. The molecule has 2 aromatic rings. The summed E-state index contributed by atoms with van der Waals surface area (Å²) in [7, 11) is 0. The molecule has 0 aliphatic carbocycles. The van der Waals surface area contributed by atoms with Crippen molar-refractivity contribution in [2.24, 2.45) is 4.99 Å². The second-order valence-electron chi connectivity index (χ2n) is 5.99. The van der Waals surface area contributed by atoms with E-state index in [1.807, 2.05) is 6.92 Å². The van der Waals surface area contributed by atoms with Crippen LogP contribution in [0.4, 0.5) is 5.69 Å². The van der Waals surface area contributed by atoms with Crippen molar-refractivity contribution in [2.45, 2.75) is 6.92 Å². The van der Waals surface area contributed by atoms with E-state index in [9.17, 15) is 9.59 Å². The molecule has 3 rings (SSSR count). The van der Waals surface area contributed by atoms with Gasteiger partial charge in [-0.3, -0.25) is 14.5 Å². The van der Waals surface area contributed by atoms with Gasteiger partial charge in [0.1, 0.15) is 5.70 Å². The third-order valence-corrected chi connectivity index (χ3v) is 5.90. The number of anilines is 1. The van der Waals surface area contributed by atoms with Crippen LogP contribution in [0, 0.1) is 0 Å². The van der Waals surface area contributed by atoms with Gasteiger partial charge in [0, 0.05) is 17.3 Å². The summed E-state index contributed by atoms with van der Waals surface area (Å²) in [5, 5.41) is 4.69. The molecule has 0 spiro atoms. The molecular weight excluding hydrogens is 453 g/mol.